The van der Waals surface area contributed by atoms with Crippen LogP contribution in [0.3, 0.4) is 0 Å². The Hall–Kier alpha value is -0.610. The number of amides is 1. The molecule has 3 unspecified atom stereocenters. The zero-order valence-electron chi connectivity index (χ0n) is 8.95. The highest BCUT2D eigenvalue weighted by Crippen LogP contribution is 2.19. The molecule has 2 aliphatic rings. The Bertz CT molecular complexity index is 226. The van der Waals surface area contributed by atoms with E-state index in [0.717, 1.165) is 38.5 Å². The molecule has 1 heterocycles. The van der Waals surface area contributed by atoms with E-state index in [-0.39, 0.29) is 24.2 Å². The van der Waals surface area contributed by atoms with Gasteiger partial charge < -0.3 is 15.2 Å². The Balaban J connectivity index is 1.81. The molecule has 4 heteroatoms. The summed E-state index contributed by atoms with van der Waals surface area (Å²) in [5, 5.41) is 12.6. The third-order valence-corrected chi connectivity index (χ3v) is 3.28. The summed E-state index contributed by atoms with van der Waals surface area (Å²) >= 11 is 0. The summed E-state index contributed by atoms with van der Waals surface area (Å²) in [6.07, 6.45) is 4.97. The monoisotopic (exact) mass is 213 g/mol. The Morgan fingerprint density at radius 3 is 2.67 bits per heavy atom. The van der Waals surface area contributed by atoms with Crippen LogP contribution in [0.1, 0.15) is 38.5 Å². The van der Waals surface area contributed by atoms with Gasteiger partial charge in [0, 0.05) is 6.61 Å². The van der Waals surface area contributed by atoms with Crippen LogP contribution in [0, 0.1) is 0 Å². The summed E-state index contributed by atoms with van der Waals surface area (Å²) in [6, 6.07) is -0.0598. The fourth-order valence-electron chi connectivity index (χ4n) is 2.34. The largest absolute Gasteiger partial charge is 0.391 e. The van der Waals surface area contributed by atoms with E-state index in [4.69, 9.17) is 4.74 Å². The van der Waals surface area contributed by atoms with Gasteiger partial charge in [-0.1, -0.05) is 12.8 Å². The van der Waals surface area contributed by atoms with E-state index >= 15 is 0 Å². The number of aliphatic hydroxyl groups excluding tert-OH is 1. The second kappa shape index (κ2) is 4.94. The number of ether oxygens (including phenoxy) is 1. The summed E-state index contributed by atoms with van der Waals surface area (Å²) in [6.45, 7) is 0.686. The number of rotatable bonds is 2. The van der Waals surface area contributed by atoms with E-state index in [0.29, 0.717) is 6.61 Å². The van der Waals surface area contributed by atoms with Crippen LogP contribution in [-0.2, 0) is 9.53 Å². The molecule has 1 aliphatic carbocycles. The van der Waals surface area contributed by atoms with Crippen molar-refractivity contribution in [2.24, 2.45) is 0 Å². The van der Waals surface area contributed by atoms with Crippen molar-refractivity contribution >= 4 is 5.91 Å². The molecule has 0 bridgehead atoms. The maximum atomic E-state index is 11.7. The van der Waals surface area contributed by atoms with Crippen molar-refractivity contribution in [1.29, 1.82) is 0 Å². The summed E-state index contributed by atoms with van der Waals surface area (Å²) in [4.78, 5) is 11.7. The second-order valence-corrected chi connectivity index (χ2v) is 4.47. The molecule has 0 radical (unpaired) electrons. The van der Waals surface area contributed by atoms with Crippen molar-refractivity contribution in [1.82, 2.24) is 5.32 Å². The molecule has 1 saturated heterocycles. The zero-order chi connectivity index (χ0) is 10.7. The van der Waals surface area contributed by atoms with E-state index in [1.807, 2.05) is 0 Å². The Morgan fingerprint density at radius 2 is 2.00 bits per heavy atom. The van der Waals surface area contributed by atoms with Gasteiger partial charge in [0.1, 0.15) is 6.10 Å². The molecule has 3 atom stereocenters. The Labute approximate surface area is 90.0 Å². The SMILES string of the molecule is O=C(NC1CCCCC1O)C1CCCO1. The first-order valence-electron chi connectivity index (χ1n) is 5.87. The van der Waals surface area contributed by atoms with E-state index in [1.54, 1.807) is 0 Å². The van der Waals surface area contributed by atoms with Gasteiger partial charge in [-0.15, -0.1) is 0 Å². The summed E-state index contributed by atoms with van der Waals surface area (Å²) in [5.74, 6) is -0.0431. The van der Waals surface area contributed by atoms with Crippen LogP contribution in [0.25, 0.3) is 0 Å². The van der Waals surface area contributed by atoms with Crippen molar-refractivity contribution in [3.8, 4) is 0 Å². The molecule has 86 valence electrons. The van der Waals surface area contributed by atoms with Crippen molar-refractivity contribution in [2.75, 3.05) is 6.61 Å². The molecule has 2 rings (SSSR count). The van der Waals surface area contributed by atoms with Gasteiger partial charge in [-0.05, 0) is 25.7 Å². The highest BCUT2D eigenvalue weighted by Gasteiger charge is 2.29. The quantitative estimate of drug-likeness (QED) is 0.705. The van der Waals surface area contributed by atoms with Gasteiger partial charge in [0.05, 0.1) is 12.1 Å². The highest BCUT2D eigenvalue weighted by molar-refractivity contribution is 5.81. The van der Waals surface area contributed by atoms with Gasteiger partial charge in [-0.25, -0.2) is 0 Å². The average Bonchev–Trinajstić information content (AvgIpc) is 2.74. The lowest BCUT2D eigenvalue weighted by atomic mass is 9.92. The number of hydrogen-bond donors (Lipinski definition) is 2. The minimum atomic E-state index is -0.371. The van der Waals surface area contributed by atoms with Crippen LogP contribution in [0.5, 0.6) is 0 Å². The lowest BCUT2D eigenvalue weighted by Gasteiger charge is -2.29. The van der Waals surface area contributed by atoms with E-state index < -0.39 is 0 Å². The van der Waals surface area contributed by atoms with Gasteiger partial charge in [0.15, 0.2) is 0 Å². The lowest BCUT2D eigenvalue weighted by molar-refractivity contribution is -0.132. The molecule has 0 spiro atoms. The van der Waals surface area contributed by atoms with Crippen LogP contribution < -0.4 is 5.32 Å². The van der Waals surface area contributed by atoms with E-state index in [2.05, 4.69) is 5.32 Å². The highest BCUT2D eigenvalue weighted by atomic mass is 16.5. The minimum Gasteiger partial charge on any atom is -0.391 e. The molecule has 2 N–H and O–H groups in total. The molecular weight excluding hydrogens is 194 g/mol. The number of carbonyl (C=O) groups excluding carboxylic acids is 1. The van der Waals surface area contributed by atoms with Crippen LogP contribution in [0.4, 0.5) is 0 Å². The lowest BCUT2D eigenvalue weighted by Crippen LogP contribution is -2.48. The molecule has 1 saturated carbocycles. The smallest absolute Gasteiger partial charge is 0.249 e. The van der Waals surface area contributed by atoms with Crippen LogP contribution in [-0.4, -0.2) is 35.9 Å². The molecule has 0 aromatic carbocycles. The Morgan fingerprint density at radius 1 is 1.20 bits per heavy atom. The predicted molar refractivity (Wildman–Crippen MR) is 55.4 cm³/mol. The van der Waals surface area contributed by atoms with E-state index in [1.165, 1.54) is 0 Å². The van der Waals surface area contributed by atoms with Crippen LogP contribution in [0.15, 0.2) is 0 Å². The van der Waals surface area contributed by atoms with Crippen LogP contribution in [0.2, 0.25) is 0 Å². The number of aliphatic hydroxyl groups is 1. The van der Waals surface area contributed by atoms with E-state index in [9.17, 15) is 9.90 Å². The number of nitrogens with one attached hydrogen (secondary N) is 1. The Kier molecular flexibility index (Phi) is 3.59. The predicted octanol–water partition coefficient (Wildman–Crippen LogP) is 0.585. The molecule has 2 fully saturated rings. The molecular formula is C11H19NO3. The van der Waals surface area contributed by atoms with Gasteiger partial charge in [0.25, 0.3) is 0 Å². The van der Waals surface area contributed by atoms with Gasteiger partial charge >= 0.3 is 0 Å². The van der Waals surface area contributed by atoms with Gasteiger partial charge in [-0.3, -0.25) is 4.79 Å². The van der Waals surface area contributed by atoms with Crippen molar-refractivity contribution in [2.45, 2.75) is 56.8 Å². The maximum absolute atomic E-state index is 11.7. The molecule has 15 heavy (non-hydrogen) atoms. The standard InChI is InChI=1S/C11H19NO3/c13-9-5-2-1-4-8(9)12-11(14)10-6-3-7-15-10/h8-10,13H,1-7H2,(H,12,14). The maximum Gasteiger partial charge on any atom is 0.249 e. The molecule has 4 nitrogen and oxygen atoms in total. The van der Waals surface area contributed by atoms with Crippen molar-refractivity contribution < 1.29 is 14.6 Å². The summed E-state index contributed by atoms with van der Waals surface area (Å²) in [7, 11) is 0. The molecule has 0 aromatic rings. The van der Waals surface area contributed by atoms with Gasteiger partial charge in [0.2, 0.25) is 5.91 Å². The third kappa shape index (κ3) is 2.69. The molecule has 0 aromatic heterocycles. The normalized spacial score (nSPS) is 36.5. The number of hydrogen-bond acceptors (Lipinski definition) is 3. The first kappa shape index (κ1) is 10.9. The second-order valence-electron chi connectivity index (χ2n) is 4.47. The zero-order valence-corrected chi connectivity index (χ0v) is 8.95. The number of carbonyl (C=O) groups is 1. The fourth-order valence-corrected chi connectivity index (χ4v) is 2.34. The van der Waals surface area contributed by atoms with Crippen LogP contribution >= 0.6 is 0 Å². The third-order valence-electron chi connectivity index (χ3n) is 3.28. The average molecular weight is 213 g/mol. The fraction of sp³-hybridized carbons (Fsp3) is 0.909. The molecule has 1 amide bonds. The first-order chi connectivity index (χ1) is 7.27. The molecule has 1 aliphatic heterocycles. The minimum absolute atomic E-state index is 0.0431. The summed E-state index contributed by atoms with van der Waals surface area (Å²) in [5.41, 5.74) is 0. The van der Waals surface area contributed by atoms with Crippen molar-refractivity contribution in [3.05, 3.63) is 0 Å². The van der Waals surface area contributed by atoms with Gasteiger partial charge in [-0.2, -0.15) is 0 Å². The topological polar surface area (TPSA) is 58.6 Å². The van der Waals surface area contributed by atoms with Crippen molar-refractivity contribution in [3.63, 3.8) is 0 Å². The summed E-state index contributed by atoms with van der Waals surface area (Å²) < 4.78 is 5.30. The first-order valence-corrected chi connectivity index (χ1v) is 5.87.